The number of β-amino-alcohol motifs (C(OH)–C–C–N with tert-alkyl or cyclic N) is 1. The lowest BCUT2D eigenvalue weighted by Crippen LogP contribution is -2.31. The van der Waals surface area contributed by atoms with Crippen LogP contribution >= 0.6 is 0 Å². The summed E-state index contributed by atoms with van der Waals surface area (Å²) in [6, 6.07) is 8.68. The molecule has 0 bridgehead atoms. The number of aryl methyl sites for hydroxylation is 1. The van der Waals surface area contributed by atoms with Crippen molar-refractivity contribution < 1.29 is 5.11 Å². The van der Waals surface area contributed by atoms with Crippen molar-refractivity contribution in [3.63, 3.8) is 0 Å². The van der Waals surface area contributed by atoms with E-state index in [0.717, 1.165) is 26.1 Å². The van der Waals surface area contributed by atoms with Crippen LogP contribution in [-0.4, -0.2) is 36.2 Å². The molecule has 0 fully saturated rings. The molecule has 0 aromatic heterocycles. The highest BCUT2D eigenvalue weighted by molar-refractivity contribution is 5.67. The van der Waals surface area contributed by atoms with Crippen molar-refractivity contribution in [2.75, 3.05) is 26.2 Å². The first kappa shape index (κ1) is 11.4. The lowest BCUT2D eigenvalue weighted by molar-refractivity contribution is 0.209. The number of benzene rings is 1. The smallest absolute Gasteiger partial charge is 0.0558 e. The Bertz CT molecular complexity index is 367. The highest BCUT2D eigenvalue weighted by Gasteiger charge is 2.12. The Hall–Kier alpha value is -1.12. The van der Waals surface area contributed by atoms with Gasteiger partial charge in [0, 0.05) is 19.6 Å². The van der Waals surface area contributed by atoms with E-state index in [1.54, 1.807) is 0 Å². The molecule has 1 N–H and O–H groups in total. The number of hydrogen-bond donors (Lipinski definition) is 1. The van der Waals surface area contributed by atoms with E-state index in [0.29, 0.717) is 0 Å². The van der Waals surface area contributed by atoms with E-state index in [4.69, 9.17) is 5.11 Å². The molecule has 2 heteroatoms. The number of hydrogen-bond acceptors (Lipinski definition) is 2. The van der Waals surface area contributed by atoms with Crippen LogP contribution in [0.2, 0.25) is 0 Å². The van der Waals surface area contributed by atoms with Crippen LogP contribution in [0.3, 0.4) is 0 Å². The number of aliphatic hydroxyl groups is 1. The number of nitrogens with zero attached hydrogens (tertiary/aromatic N) is 1. The van der Waals surface area contributed by atoms with E-state index in [2.05, 4.69) is 42.2 Å². The minimum atomic E-state index is 0.251. The molecule has 0 saturated carbocycles. The molecule has 0 aliphatic carbocycles. The van der Waals surface area contributed by atoms with Gasteiger partial charge in [-0.1, -0.05) is 35.9 Å². The predicted octanol–water partition coefficient (Wildman–Crippen LogP) is 2.08. The summed E-state index contributed by atoms with van der Waals surface area (Å²) in [4.78, 5) is 2.30. The summed E-state index contributed by atoms with van der Waals surface area (Å²) in [6.45, 7) is 5.17. The average molecular weight is 217 g/mol. The molecule has 1 aliphatic rings. The summed E-state index contributed by atoms with van der Waals surface area (Å²) >= 11 is 0. The summed E-state index contributed by atoms with van der Waals surface area (Å²) in [5.74, 6) is 0. The number of aliphatic hydroxyl groups excluding tert-OH is 1. The fraction of sp³-hybridized carbons (Fsp3) is 0.429. The SMILES string of the molecule is Cc1ccc(C2=CCCN(CCO)C2)cc1. The Morgan fingerprint density at radius 1 is 1.25 bits per heavy atom. The molecule has 1 aromatic rings. The van der Waals surface area contributed by atoms with Crippen molar-refractivity contribution in [2.45, 2.75) is 13.3 Å². The van der Waals surface area contributed by atoms with Crippen LogP contribution in [0.25, 0.3) is 5.57 Å². The molecule has 0 atom stereocenters. The van der Waals surface area contributed by atoms with Crippen molar-refractivity contribution in [2.24, 2.45) is 0 Å². The van der Waals surface area contributed by atoms with Gasteiger partial charge in [-0.25, -0.2) is 0 Å². The maximum absolute atomic E-state index is 8.95. The van der Waals surface area contributed by atoms with Gasteiger partial charge in [0.15, 0.2) is 0 Å². The Labute approximate surface area is 97.2 Å². The fourth-order valence-corrected chi connectivity index (χ4v) is 2.11. The third-order valence-corrected chi connectivity index (χ3v) is 3.07. The van der Waals surface area contributed by atoms with E-state index in [-0.39, 0.29) is 6.61 Å². The molecule has 86 valence electrons. The topological polar surface area (TPSA) is 23.5 Å². The van der Waals surface area contributed by atoms with Crippen LogP contribution in [0, 0.1) is 6.92 Å². The van der Waals surface area contributed by atoms with Gasteiger partial charge in [0.05, 0.1) is 6.61 Å². The van der Waals surface area contributed by atoms with E-state index < -0.39 is 0 Å². The average Bonchev–Trinajstić information content (AvgIpc) is 2.31. The molecule has 2 rings (SSSR count). The third kappa shape index (κ3) is 2.71. The van der Waals surface area contributed by atoms with Gasteiger partial charge in [-0.3, -0.25) is 4.90 Å². The Balaban J connectivity index is 2.09. The molecule has 0 amide bonds. The van der Waals surface area contributed by atoms with Crippen molar-refractivity contribution in [1.82, 2.24) is 4.90 Å². The van der Waals surface area contributed by atoms with Gasteiger partial charge in [-0.05, 0) is 24.5 Å². The Morgan fingerprint density at radius 2 is 2.00 bits per heavy atom. The van der Waals surface area contributed by atoms with Crippen LogP contribution in [0.15, 0.2) is 30.3 Å². The minimum absolute atomic E-state index is 0.251. The monoisotopic (exact) mass is 217 g/mol. The quantitative estimate of drug-likeness (QED) is 0.838. The van der Waals surface area contributed by atoms with Crippen molar-refractivity contribution in [1.29, 1.82) is 0 Å². The van der Waals surface area contributed by atoms with Crippen LogP contribution in [0.1, 0.15) is 17.5 Å². The van der Waals surface area contributed by atoms with Gasteiger partial charge in [-0.2, -0.15) is 0 Å². The molecule has 1 aromatic carbocycles. The van der Waals surface area contributed by atoms with Gasteiger partial charge in [0.2, 0.25) is 0 Å². The molecule has 2 nitrogen and oxygen atoms in total. The van der Waals surface area contributed by atoms with Crippen molar-refractivity contribution in [3.8, 4) is 0 Å². The number of rotatable bonds is 3. The van der Waals surface area contributed by atoms with E-state index in [1.807, 2.05) is 0 Å². The highest BCUT2D eigenvalue weighted by atomic mass is 16.3. The largest absolute Gasteiger partial charge is 0.395 e. The molecule has 1 heterocycles. The zero-order valence-corrected chi connectivity index (χ0v) is 9.82. The lowest BCUT2D eigenvalue weighted by atomic mass is 10.0. The second kappa shape index (κ2) is 5.28. The summed E-state index contributed by atoms with van der Waals surface area (Å²) in [5.41, 5.74) is 4.00. The zero-order valence-electron chi connectivity index (χ0n) is 9.82. The molecule has 1 aliphatic heterocycles. The lowest BCUT2D eigenvalue weighted by Gasteiger charge is -2.26. The fourth-order valence-electron chi connectivity index (χ4n) is 2.11. The van der Waals surface area contributed by atoms with E-state index >= 15 is 0 Å². The van der Waals surface area contributed by atoms with Gasteiger partial charge in [-0.15, -0.1) is 0 Å². The second-order valence-corrected chi connectivity index (χ2v) is 4.38. The highest BCUT2D eigenvalue weighted by Crippen LogP contribution is 2.20. The maximum Gasteiger partial charge on any atom is 0.0558 e. The molecular weight excluding hydrogens is 198 g/mol. The van der Waals surface area contributed by atoms with Crippen LogP contribution < -0.4 is 0 Å². The Kier molecular flexibility index (Phi) is 3.75. The summed E-state index contributed by atoms with van der Waals surface area (Å²) < 4.78 is 0. The van der Waals surface area contributed by atoms with Gasteiger partial charge in [0.25, 0.3) is 0 Å². The standard InChI is InChI=1S/C14H19NO/c1-12-4-6-13(7-5-12)14-3-2-8-15(11-14)9-10-16/h3-7,16H,2,8-11H2,1H3. The van der Waals surface area contributed by atoms with Gasteiger partial charge in [0.1, 0.15) is 0 Å². The molecule has 0 saturated heterocycles. The first-order valence-corrected chi connectivity index (χ1v) is 5.89. The molecule has 16 heavy (non-hydrogen) atoms. The molecular formula is C14H19NO. The summed E-state index contributed by atoms with van der Waals surface area (Å²) in [6.07, 6.45) is 3.40. The van der Waals surface area contributed by atoms with E-state index in [1.165, 1.54) is 16.7 Å². The Morgan fingerprint density at radius 3 is 2.69 bits per heavy atom. The molecule has 0 unspecified atom stereocenters. The zero-order chi connectivity index (χ0) is 11.4. The summed E-state index contributed by atoms with van der Waals surface area (Å²) in [7, 11) is 0. The molecule has 0 radical (unpaired) electrons. The minimum Gasteiger partial charge on any atom is -0.395 e. The third-order valence-electron chi connectivity index (χ3n) is 3.07. The van der Waals surface area contributed by atoms with Gasteiger partial charge < -0.3 is 5.11 Å². The first-order chi connectivity index (χ1) is 7.79. The second-order valence-electron chi connectivity index (χ2n) is 4.38. The van der Waals surface area contributed by atoms with E-state index in [9.17, 15) is 0 Å². The van der Waals surface area contributed by atoms with Crippen LogP contribution in [0.5, 0.6) is 0 Å². The van der Waals surface area contributed by atoms with Crippen molar-refractivity contribution in [3.05, 3.63) is 41.5 Å². The molecule has 0 spiro atoms. The maximum atomic E-state index is 8.95. The van der Waals surface area contributed by atoms with Crippen molar-refractivity contribution >= 4 is 5.57 Å². The van der Waals surface area contributed by atoms with Crippen LogP contribution in [0.4, 0.5) is 0 Å². The van der Waals surface area contributed by atoms with Gasteiger partial charge >= 0.3 is 0 Å². The predicted molar refractivity (Wildman–Crippen MR) is 67.3 cm³/mol. The summed E-state index contributed by atoms with van der Waals surface area (Å²) in [5, 5.41) is 8.95. The normalized spacial score (nSPS) is 17.2. The van der Waals surface area contributed by atoms with Crippen LogP contribution in [-0.2, 0) is 0 Å². The first-order valence-electron chi connectivity index (χ1n) is 5.89.